The molecule has 7 heteroatoms. The third-order valence-electron chi connectivity index (χ3n) is 3.56. The molecule has 27 heavy (non-hydrogen) atoms. The molecule has 0 aromatic heterocycles. The van der Waals surface area contributed by atoms with Crippen LogP contribution in [0, 0.1) is 0 Å². The number of ether oxygens (including phenoxy) is 2. The number of rotatable bonds is 8. The Bertz CT molecular complexity index is 706. The van der Waals surface area contributed by atoms with E-state index in [0.717, 1.165) is 11.3 Å². The summed E-state index contributed by atoms with van der Waals surface area (Å²) < 4.78 is 10.6. The van der Waals surface area contributed by atoms with Crippen molar-refractivity contribution in [1.29, 1.82) is 0 Å². The van der Waals surface area contributed by atoms with Crippen LogP contribution in [-0.4, -0.2) is 38.7 Å². The van der Waals surface area contributed by atoms with Crippen molar-refractivity contribution < 1.29 is 14.3 Å². The third-order valence-corrected chi connectivity index (χ3v) is 3.56. The van der Waals surface area contributed by atoms with Crippen LogP contribution in [-0.2, 0) is 11.3 Å². The van der Waals surface area contributed by atoms with E-state index in [1.54, 1.807) is 26.1 Å². The Labute approximate surface area is 177 Å². The van der Waals surface area contributed by atoms with Gasteiger partial charge in [-0.15, -0.1) is 24.0 Å². The molecule has 2 aromatic rings. The molecule has 0 spiro atoms. The summed E-state index contributed by atoms with van der Waals surface area (Å²) in [6.45, 7) is 3.94. The number of para-hydroxylation sites is 1. The summed E-state index contributed by atoms with van der Waals surface area (Å²) in [6.07, 6.45) is 0. The van der Waals surface area contributed by atoms with Crippen LogP contribution in [0.5, 0.6) is 5.75 Å². The molecule has 0 aliphatic heterocycles. The summed E-state index contributed by atoms with van der Waals surface area (Å²) in [4.78, 5) is 15.8. The highest BCUT2D eigenvalue weighted by Gasteiger charge is 2.05. The van der Waals surface area contributed by atoms with E-state index in [4.69, 9.17) is 9.47 Å². The maximum Gasteiger partial charge on any atom is 0.338 e. The van der Waals surface area contributed by atoms with Crippen LogP contribution < -0.4 is 15.4 Å². The Balaban J connectivity index is 0.00000364. The van der Waals surface area contributed by atoms with Crippen LogP contribution in [0.2, 0.25) is 0 Å². The molecular weight excluding hydrogens is 457 g/mol. The Hall–Kier alpha value is -2.29. The molecule has 146 valence electrons. The zero-order valence-electron chi connectivity index (χ0n) is 15.6. The van der Waals surface area contributed by atoms with E-state index < -0.39 is 0 Å². The number of hydrogen-bond acceptors (Lipinski definition) is 4. The van der Waals surface area contributed by atoms with E-state index in [0.29, 0.717) is 37.8 Å². The van der Waals surface area contributed by atoms with Crippen LogP contribution in [0.4, 0.5) is 0 Å². The number of benzene rings is 2. The third kappa shape index (κ3) is 8.29. The number of carbonyl (C=O) groups excluding carboxylic acids is 1. The van der Waals surface area contributed by atoms with E-state index in [9.17, 15) is 4.79 Å². The molecule has 0 unspecified atom stereocenters. The molecule has 0 aliphatic carbocycles. The predicted octanol–water partition coefficient (Wildman–Crippen LogP) is 3.23. The number of carbonyl (C=O) groups is 1. The van der Waals surface area contributed by atoms with Gasteiger partial charge in [0.05, 0.1) is 18.7 Å². The summed E-state index contributed by atoms with van der Waals surface area (Å²) in [7, 11) is 1.72. The highest BCUT2D eigenvalue weighted by atomic mass is 127. The summed E-state index contributed by atoms with van der Waals surface area (Å²) >= 11 is 0. The van der Waals surface area contributed by atoms with Gasteiger partial charge in [-0.2, -0.15) is 0 Å². The first kappa shape index (κ1) is 22.8. The SMILES string of the molecule is CCOC(=O)c1ccc(CNC(=NC)NCCOc2ccccc2)cc1.I. The summed E-state index contributed by atoms with van der Waals surface area (Å²) in [5.74, 6) is 1.23. The van der Waals surface area contributed by atoms with Gasteiger partial charge in [-0.05, 0) is 36.8 Å². The first-order valence-corrected chi connectivity index (χ1v) is 8.61. The molecule has 0 amide bonds. The summed E-state index contributed by atoms with van der Waals surface area (Å²) in [6, 6.07) is 17.0. The second kappa shape index (κ2) is 13.0. The molecule has 0 bridgehead atoms. The summed E-state index contributed by atoms with van der Waals surface area (Å²) in [5, 5.41) is 6.42. The van der Waals surface area contributed by atoms with Crippen molar-refractivity contribution >= 4 is 35.9 Å². The number of aliphatic imine (C=N–C) groups is 1. The minimum Gasteiger partial charge on any atom is -0.492 e. The van der Waals surface area contributed by atoms with Gasteiger partial charge < -0.3 is 20.1 Å². The number of halogens is 1. The maximum absolute atomic E-state index is 11.6. The smallest absolute Gasteiger partial charge is 0.338 e. The van der Waals surface area contributed by atoms with E-state index in [1.165, 1.54) is 0 Å². The standard InChI is InChI=1S/C20H25N3O3.HI/c1-3-25-19(24)17-11-9-16(10-12-17)15-23-20(21-2)22-13-14-26-18-7-5-4-6-8-18;/h4-12H,3,13-15H2,1-2H3,(H2,21,22,23);1H. The predicted molar refractivity (Wildman–Crippen MR) is 118 cm³/mol. The molecule has 0 heterocycles. The average Bonchev–Trinajstić information content (AvgIpc) is 2.69. The average molecular weight is 483 g/mol. The number of nitrogens with one attached hydrogen (secondary N) is 2. The van der Waals surface area contributed by atoms with Gasteiger partial charge in [-0.25, -0.2) is 4.79 Å². The van der Waals surface area contributed by atoms with Gasteiger partial charge in [-0.3, -0.25) is 4.99 Å². The Kier molecular flexibility index (Phi) is 10.9. The minimum absolute atomic E-state index is 0. The van der Waals surface area contributed by atoms with Crippen LogP contribution in [0.25, 0.3) is 0 Å². The quantitative estimate of drug-likeness (QED) is 0.198. The molecule has 0 radical (unpaired) electrons. The van der Waals surface area contributed by atoms with Gasteiger partial charge in [0, 0.05) is 13.6 Å². The monoisotopic (exact) mass is 483 g/mol. The van der Waals surface area contributed by atoms with Crippen LogP contribution in [0.15, 0.2) is 59.6 Å². The molecule has 0 aliphatic rings. The summed E-state index contributed by atoms with van der Waals surface area (Å²) in [5.41, 5.74) is 1.60. The lowest BCUT2D eigenvalue weighted by atomic mass is 10.1. The Morgan fingerprint density at radius 2 is 1.74 bits per heavy atom. The van der Waals surface area contributed by atoms with Crippen molar-refractivity contribution in [3.63, 3.8) is 0 Å². The molecule has 0 fully saturated rings. The largest absolute Gasteiger partial charge is 0.492 e. The first-order valence-electron chi connectivity index (χ1n) is 8.61. The zero-order chi connectivity index (χ0) is 18.6. The van der Waals surface area contributed by atoms with Crippen molar-refractivity contribution in [2.45, 2.75) is 13.5 Å². The van der Waals surface area contributed by atoms with Crippen molar-refractivity contribution in [1.82, 2.24) is 10.6 Å². The second-order valence-electron chi connectivity index (χ2n) is 5.43. The molecular formula is C20H26IN3O3. The molecule has 2 rings (SSSR count). The normalized spacial score (nSPS) is 10.5. The fourth-order valence-electron chi connectivity index (χ4n) is 2.23. The van der Waals surface area contributed by atoms with Gasteiger partial charge in [-0.1, -0.05) is 30.3 Å². The fourth-order valence-corrected chi connectivity index (χ4v) is 2.23. The number of guanidine groups is 1. The molecule has 0 saturated carbocycles. The topological polar surface area (TPSA) is 72.0 Å². The number of hydrogen-bond donors (Lipinski definition) is 2. The number of nitrogens with zero attached hydrogens (tertiary/aromatic N) is 1. The highest BCUT2D eigenvalue weighted by Crippen LogP contribution is 2.07. The lowest BCUT2D eigenvalue weighted by Crippen LogP contribution is -2.38. The molecule has 2 aromatic carbocycles. The lowest BCUT2D eigenvalue weighted by Gasteiger charge is -2.13. The molecule has 6 nitrogen and oxygen atoms in total. The van der Waals surface area contributed by atoms with Crippen LogP contribution in [0.3, 0.4) is 0 Å². The fraction of sp³-hybridized carbons (Fsp3) is 0.300. The minimum atomic E-state index is -0.303. The van der Waals surface area contributed by atoms with E-state index in [1.807, 2.05) is 42.5 Å². The first-order chi connectivity index (χ1) is 12.7. The van der Waals surface area contributed by atoms with Crippen molar-refractivity contribution in [3.8, 4) is 5.75 Å². The molecule has 0 atom stereocenters. The lowest BCUT2D eigenvalue weighted by molar-refractivity contribution is 0.0526. The van der Waals surface area contributed by atoms with Crippen LogP contribution >= 0.6 is 24.0 Å². The van der Waals surface area contributed by atoms with Gasteiger partial charge in [0.1, 0.15) is 12.4 Å². The highest BCUT2D eigenvalue weighted by molar-refractivity contribution is 14.0. The van der Waals surface area contributed by atoms with Gasteiger partial charge in [0.15, 0.2) is 5.96 Å². The zero-order valence-corrected chi connectivity index (χ0v) is 17.9. The van der Waals surface area contributed by atoms with E-state index >= 15 is 0 Å². The van der Waals surface area contributed by atoms with Gasteiger partial charge in [0.25, 0.3) is 0 Å². The van der Waals surface area contributed by atoms with Crippen molar-refractivity contribution in [2.75, 3.05) is 26.8 Å². The molecule has 2 N–H and O–H groups in total. The van der Waals surface area contributed by atoms with Crippen molar-refractivity contribution in [2.24, 2.45) is 4.99 Å². The molecule has 0 saturated heterocycles. The Morgan fingerprint density at radius 3 is 2.37 bits per heavy atom. The van der Waals surface area contributed by atoms with Crippen LogP contribution in [0.1, 0.15) is 22.8 Å². The van der Waals surface area contributed by atoms with E-state index in [2.05, 4.69) is 15.6 Å². The maximum atomic E-state index is 11.6. The Morgan fingerprint density at radius 1 is 1.04 bits per heavy atom. The van der Waals surface area contributed by atoms with E-state index in [-0.39, 0.29) is 29.9 Å². The number of esters is 1. The second-order valence-corrected chi connectivity index (χ2v) is 5.43. The van der Waals surface area contributed by atoms with Crippen molar-refractivity contribution in [3.05, 3.63) is 65.7 Å². The van der Waals surface area contributed by atoms with Gasteiger partial charge >= 0.3 is 5.97 Å². The van der Waals surface area contributed by atoms with Gasteiger partial charge in [0.2, 0.25) is 0 Å².